The summed E-state index contributed by atoms with van der Waals surface area (Å²) >= 11 is 6.31. The van der Waals surface area contributed by atoms with Gasteiger partial charge in [-0.25, -0.2) is 9.97 Å². The number of fused-ring (bicyclic) bond motifs is 1. The van der Waals surface area contributed by atoms with Crippen molar-refractivity contribution in [3.63, 3.8) is 0 Å². The smallest absolute Gasteiger partial charge is 0.157 e. The first-order chi connectivity index (χ1) is 16.5. The third-order valence-corrected chi connectivity index (χ3v) is 5.90. The van der Waals surface area contributed by atoms with Crippen LogP contribution >= 0.6 is 24.0 Å². The molecule has 5 rings (SSSR count). The van der Waals surface area contributed by atoms with Crippen LogP contribution in [0, 0.1) is 0 Å². The number of nitrogens with zero attached hydrogens (tertiary/aromatic N) is 3. The molecule has 0 saturated heterocycles. The number of halogens is 2. The minimum absolute atomic E-state index is 0. The highest BCUT2D eigenvalue weighted by Crippen LogP contribution is 2.27. The van der Waals surface area contributed by atoms with Gasteiger partial charge in [0.05, 0.1) is 11.0 Å². The number of ether oxygens (including phenoxy) is 1. The van der Waals surface area contributed by atoms with E-state index in [2.05, 4.69) is 34.1 Å². The van der Waals surface area contributed by atoms with Gasteiger partial charge in [0.15, 0.2) is 5.82 Å². The minimum Gasteiger partial charge on any atom is -0.489 e. The van der Waals surface area contributed by atoms with Gasteiger partial charge in [0.25, 0.3) is 0 Å². The maximum atomic E-state index is 6.31. The van der Waals surface area contributed by atoms with Gasteiger partial charge in [0.2, 0.25) is 0 Å². The monoisotopic (exact) mass is 504 g/mol. The molecule has 0 amide bonds. The van der Waals surface area contributed by atoms with E-state index in [-0.39, 0.29) is 12.4 Å². The number of pyridine rings is 1. The van der Waals surface area contributed by atoms with Gasteiger partial charge in [-0.1, -0.05) is 48.0 Å². The molecule has 35 heavy (non-hydrogen) atoms. The predicted octanol–water partition coefficient (Wildman–Crippen LogP) is 6.94. The number of nitrogens with one attached hydrogen (secondary N) is 1. The molecule has 0 aliphatic heterocycles. The highest BCUT2D eigenvalue weighted by atomic mass is 35.5. The number of H-pyrrole nitrogens is 1. The Morgan fingerprint density at radius 2 is 1.71 bits per heavy atom. The fourth-order valence-electron chi connectivity index (χ4n) is 3.86. The van der Waals surface area contributed by atoms with Gasteiger partial charge in [-0.3, -0.25) is 0 Å². The zero-order chi connectivity index (χ0) is 23.5. The Bertz CT molecular complexity index is 1430. The molecule has 2 aromatic heterocycles. The summed E-state index contributed by atoms with van der Waals surface area (Å²) in [6.45, 7) is 0.497. The van der Waals surface area contributed by atoms with Crippen molar-refractivity contribution in [2.24, 2.45) is 0 Å². The van der Waals surface area contributed by atoms with Crippen molar-refractivity contribution in [1.82, 2.24) is 15.0 Å². The maximum Gasteiger partial charge on any atom is 0.157 e. The molecule has 0 spiro atoms. The number of aromatic amines is 1. The first-order valence-electron chi connectivity index (χ1n) is 11.1. The molecule has 5 nitrogen and oxygen atoms in total. The number of anilines is 1. The van der Waals surface area contributed by atoms with E-state index in [9.17, 15) is 0 Å². The summed E-state index contributed by atoms with van der Waals surface area (Å²) in [5.74, 6) is 1.56. The van der Waals surface area contributed by atoms with E-state index >= 15 is 0 Å². The molecule has 5 aromatic rings. The molecule has 0 saturated carbocycles. The number of hydrogen-bond donors (Lipinski definition) is 1. The second-order valence-electron chi connectivity index (χ2n) is 8.40. The van der Waals surface area contributed by atoms with E-state index in [1.165, 1.54) is 0 Å². The SMILES string of the molecule is CN(C)c1ccc2[nH]c(-c3cccc(Cc4cc(Cl)ccc4OCc4ccccc4)n3)nc2c1.Cl. The van der Waals surface area contributed by atoms with Crippen LogP contribution in [0.25, 0.3) is 22.6 Å². The zero-order valence-electron chi connectivity index (χ0n) is 19.5. The van der Waals surface area contributed by atoms with Crippen molar-refractivity contribution >= 4 is 40.7 Å². The van der Waals surface area contributed by atoms with Crippen LogP contribution < -0.4 is 9.64 Å². The lowest BCUT2D eigenvalue weighted by Crippen LogP contribution is -2.07. The highest BCUT2D eigenvalue weighted by Gasteiger charge is 2.11. The summed E-state index contributed by atoms with van der Waals surface area (Å²) in [6.07, 6.45) is 0.601. The summed E-state index contributed by atoms with van der Waals surface area (Å²) < 4.78 is 6.13. The van der Waals surface area contributed by atoms with Crippen LogP contribution in [0.2, 0.25) is 5.02 Å². The highest BCUT2D eigenvalue weighted by molar-refractivity contribution is 6.30. The summed E-state index contributed by atoms with van der Waals surface area (Å²) in [7, 11) is 4.04. The quantitative estimate of drug-likeness (QED) is 0.261. The number of benzene rings is 3. The molecule has 1 N–H and O–H groups in total. The number of hydrogen-bond acceptors (Lipinski definition) is 4. The second-order valence-corrected chi connectivity index (χ2v) is 8.83. The van der Waals surface area contributed by atoms with E-state index in [0.29, 0.717) is 18.1 Å². The van der Waals surface area contributed by atoms with Crippen LogP contribution in [0.4, 0.5) is 5.69 Å². The molecular formula is C28H26Cl2N4O. The molecule has 0 atom stereocenters. The molecule has 0 radical (unpaired) electrons. The fourth-order valence-corrected chi connectivity index (χ4v) is 4.06. The van der Waals surface area contributed by atoms with Crippen LogP contribution in [0.1, 0.15) is 16.8 Å². The molecule has 0 aliphatic rings. The van der Waals surface area contributed by atoms with Crippen molar-refractivity contribution in [1.29, 1.82) is 0 Å². The molecule has 2 heterocycles. The fraction of sp³-hybridized carbons (Fsp3) is 0.143. The molecule has 0 unspecified atom stereocenters. The van der Waals surface area contributed by atoms with Gasteiger partial charge >= 0.3 is 0 Å². The van der Waals surface area contributed by atoms with E-state index in [0.717, 1.165) is 50.8 Å². The molecular weight excluding hydrogens is 479 g/mol. The topological polar surface area (TPSA) is 54.0 Å². The Labute approximate surface area is 216 Å². The van der Waals surface area contributed by atoms with E-state index < -0.39 is 0 Å². The summed E-state index contributed by atoms with van der Waals surface area (Å²) in [5, 5.41) is 0.673. The summed E-state index contributed by atoms with van der Waals surface area (Å²) in [5.41, 5.74) is 6.84. The molecule has 0 bridgehead atoms. The van der Waals surface area contributed by atoms with Crippen molar-refractivity contribution < 1.29 is 4.74 Å². The van der Waals surface area contributed by atoms with Gasteiger partial charge in [-0.15, -0.1) is 12.4 Å². The summed E-state index contributed by atoms with van der Waals surface area (Å²) in [4.78, 5) is 15.1. The number of imidazole rings is 1. The minimum atomic E-state index is 0. The lowest BCUT2D eigenvalue weighted by molar-refractivity contribution is 0.303. The third kappa shape index (κ3) is 5.76. The van der Waals surface area contributed by atoms with Crippen LogP contribution in [0.15, 0.2) is 84.9 Å². The van der Waals surface area contributed by atoms with E-state index in [1.807, 2.05) is 74.8 Å². The summed E-state index contributed by atoms with van der Waals surface area (Å²) in [6, 6.07) is 28.0. The molecule has 3 aromatic carbocycles. The Hall–Kier alpha value is -3.54. The van der Waals surface area contributed by atoms with Crippen LogP contribution in [-0.4, -0.2) is 29.0 Å². The maximum absolute atomic E-state index is 6.31. The van der Waals surface area contributed by atoms with Crippen molar-refractivity contribution in [2.75, 3.05) is 19.0 Å². The predicted molar refractivity (Wildman–Crippen MR) is 146 cm³/mol. The normalized spacial score (nSPS) is 10.7. The second kappa shape index (κ2) is 10.8. The van der Waals surface area contributed by atoms with Crippen LogP contribution in [0.5, 0.6) is 5.75 Å². The van der Waals surface area contributed by atoms with Crippen molar-refractivity contribution in [3.05, 3.63) is 107 Å². The van der Waals surface area contributed by atoms with Gasteiger partial charge in [-0.05, 0) is 54.1 Å². The largest absolute Gasteiger partial charge is 0.489 e. The third-order valence-electron chi connectivity index (χ3n) is 5.66. The first kappa shape index (κ1) is 24.6. The molecule has 7 heteroatoms. The lowest BCUT2D eigenvalue weighted by atomic mass is 10.1. The van der Waals surface area contributed by atoms with E-state index in [4.69, 9.17) is 26.3 Å². The molecule has 0 fully saturated rings. The average molecular weight is 505 g/mol. The van der Waals surface area contributed by atoms with Gasteiger partial charge in [-0.2, -0.15) is 0 Å². The van der Waals surface area contributed by atoms with Crippen molar-refractivity contribution in [2.45, 2.75) is 13.0 Å². The Kier molecular flexibility index (Phi) is 7.59. The standard InChI is InChI=1S/C28H25ClN4O.ClH/c1-33(2)23-12-13-24-26(17-23)32-28(31-24)25-10-6-9-22(30-25)16-20-15-21(29)11-14-27(20)34-18-19-7-4-3-5-8-19;/h3-15,17H,16,18H2,1-2H3,(H,31,32);1H. The van der Waals surface area contributed by atoms with Gasteiger partial charge in [0, 0.05) is 42.5 Å². The first-order valence-corrected chi connectivity index (χ1v) is 11.5. The van der Waals surface area contributed by atoms with Gasteiger partial charge in [0.1, 0.15) is 18.1 Å². The van der Waals surface area contributed by atoms with Crippen molar-refractivity contribution in [3.8, 4) is 17.3 Å². The van der Waals surface area contributed by atoms with Crippen LogP contribution in [0.3, 0.4) is 0 Å². The Balaban J connectivity index is 0.00000289. The zero-order valence-corrected chi connectivity index (χ0v) is 21.1. The van der Waals surface area contributed by atoms with Crippen LogP contribution in [-0.2, 0) is 13.0 Å². The lowest BCUT2D eigenvalue weighted by Gasteiger charge is -2.12. The van der Waals surface area contributed by atoms with Gasteiger partial charge < -0.3 is 14.6 Å². The average Bonchev–Trinajstić information content (AvgIpc) is 3.28. The molecule has 178 valence electrons. The molecule has 0 aliphatic carbocycles. The van der Waals surface area contributed by atoms with E-state index in [1.54, 1.807) is 0 Å². The number of rotatable bonds is 7. The Morgan fingerprint density at radius 3 is 2.51 bits per heavy atom. The Morgan fingerprint density at radius 1 is 0.886 bits per heavy atom. The number of aromatic nitrogens is 3.